The predicted molar refractivity (Wildman–Crippen MR) is 26.8 cm³/mol. The molecule has 0 bridgehead atoms. The number of hydrogen-bond donors (Lipinski definition) is 2. The molecule has 0 heterocycles. The van der Waals surface area contributed by atoms with E-state index in [-0.39, 0.29) is 14.4 Å². The summed E-state index contributed by atoms with van der Waals surface area (Å²) < 4.78 is 0. The Morgan fingerprint density at radius 3 is 2.17 bits per heavy atom. The molecule has 0 atom stereocenters. The third kappa shape index (κ3) is 4.92. The van der Waals surface area contributed by atoms with Gasteiger partial charge in [-0.2, -0.15) is 0 Å². The van der Waals surface area contributed by atoms with Crippen LogP contribution in [-0.4, -0.2) is 5.11 Å². The Bertz CT molecular complexity index is 91.7. The number of nitrogens with two attached hydrogens (primary N) is 2. The van der Waals surface area contributed by atoms with Gasteiger partial charge in [0.15, 0.2) is 0 Å². The van der Waals surface area contributed by atoms with Gasteiger partial charge in [0.05, 0.1) is 0 Å². The molecule has 5 heteroatoms. The van der Waals surface area contributed by atoms with Crippen molar-refractivity contribution in [3.63, 3.8) is 0 Å². The Balaban J connectivity index is 3.73. The van der Waals surface area contributed by atoms with Crippen molar-refractivity contribution in [1.82, 2.24) is 0 Å². The van der Waals surface area contributed by atoms with Crippen molar-refractivity contribution in [3.05, 3.63) is 0 Å². The van der Waals surface area contributed by atoms with Gasteiger partial charge in [0.1, 0.15) is 0 Å². The first-order valence-electron chi connectivity index (χ1n) is 1.04. The van der Waals surface area contributed by atoms with Crippen molar-refractivity contribution in [3.8, 4) is 0 Å². The van der Waals surface area contributed by atoms with E-state index < -0.39 is 0 Å². The van der Waals surface area contributed by atoms with Crippen LogP contribution in [0.25, 0.3) is 0 Å². The summed E-state index contributed by atoms with van der Waals surface area (Å²) in [5.41, 5.74) is 9.99. The minimum absolute atomic E-state index is 0.0532. The monoisotopic (exact) mass is 214 g/mol. The van der Waals surface area contributed by atoms with Crippen LogP contribution in [0.4, 0.5) is 0 Å². The van der Waals surface area contributed by atoms with E-state index in [4.69, 9.17) is 21.2 Å². The molecule has 0 aromatic heterocycles. The molecule has 0 saturated heterocycles. The second-order valence-corrected chi connectivity index (χ2v) is 4.82. The van der Waals surface area contributed by atoms with Gasteiger partial charge < -0.3 is 0 Å². The fraction of sp³-hybridized carbons (Fsp3) is 0. The van der Waals surface area contributed by atoms with Gasteiger partial charge in [-0.25, -0.2) is 0 Å². The zero-order valence-electron chi connectivity index (χ0n) is 2.77. The molecule has 6 heavy (non-hydrogen) atoms. The molecule has 40 valence electrons. The first-order chi connectivity index (χ1) is 2.77. The van der Waals surface area contributed by atoms with Gasteiger partial charge in [0.2, 0.25) is 0 Å². The maximum absolute atomic E-state index is 5.25. The minimum atomic E-state index is -0.0532. The zero-order valence-corrected chi connectivity index (χ0v) is 5.99. The van der Waals surface area contributed by atoms with E-state index in [1.54, 1.807) is 0 Å². The van der Waals surface area contributed by atoms with Crippen LogP contribution in [0.1, 0.15) is 0 Å². The molecule has 0 aliphatic rings. The molecule has 0 aliphatic heterocycles. The number of halogens is 1. The van der Waals surface area contributed by atoms with E-state index >= 15 is 0 Å². The average Bonchev–Trinajstić information content (AvgIpc) is 1.35. The van der Waals surface area contributed by atoms with Gasteiger partial charge in [-0.05, 0) is 0 Å². The predicted octanol–water partition coefficient (Wildman–Crippen LogP) is -0.124. The van der Waals surface area contributed by atoms with Gasteiger partial charge in [0, 0.05) is 0 Å². The molecular formula is CH4ClN2RhS. The summed E-state index contributed by atoms with van der Waals surface area (Å²) >= 11 is -0.0532. The molecule has 0 aromatic rings. The molecule has 0 unspecified atom stereocenters. The summed E-state index contributed by atoms with van der Waals surface area (Å²) in [7, 11) is 6.54. The van der Waals surface area contributed by atoms with E-state index in [2.05, 4.69) is 0 Å². The SMILES string of the molecule is NC(N)=[S]=[Rh][Cl]. The van der Waals surface area contributed by atoms with Crippen molar-refractivity contribution in [2.75, 3.05) is 0 Å². The summed E-state index contributed by atoms with van der Waals surface area (Å²) in [6, 6.07) is 0. The molecule has 0 aromatic carbocycles. The van der Waals surface area contributed by atoms with Gasteiger partial charge in [-0.3, -0.25) is 0 Å². The maximum atomic E-state index is 5.25. The van der Waals surface area contributed by atoms with Gasteiger partial charge >= 0.3 is 49.5 Å². The van der Waals surface area contributed by atoms with E-state index in [0.717, 1.165) is 0 Å². The summed E-state index contributed by atoms with van der Waals surface area (Å²) in [5.74, 6) is 0. The van der Waals surface area contributed by atoms with Crippen LogP contribution in [0.5, 0.6) is 0 Å². The van der Waals surface area contributed by atoms with Crippen molar-refractivity contribution >= 4 is 23.6 Å². The molecule has 0 radical (unpaired) electrons. The fourth-order valence-corrected chi connectivity index (χ4v) is 1.58. The van der Waals surface area contributed by atoms with E-state index in [0.29, 0.717) is 5.11 Å². The van der Waals surface area contributed by atoms with Crippen LogP contribution in [0.15, 0.2) is 0 Å². The Morgan fingerprint density at radius 1 is 1.67 bits per heavy atom. The van der Waals surface area contributed by atoms with Crippen LogP contribution in [0.3, 0.4) is 0 Å². The van der Waals surface area contributed by atoms with Crippen molar-refractivity contribution in [1.29, 1.82) is 0 Å². The molecule has 4 N–H and O–H groups in total. The van der Waals surface area contributed by atoms with Gasteiger partial charge in [-0.1, -0.05) is 0 Å². The Hall–Kier alpha value is 0.923. The first-order valence-corrected chi connectivity index (χ1v) is 5.84. The second kappa shape index (κ2) is 4.09. The Morgan fingerprint density at radius 2 is 2.17 bits per heavy atom. The molecule has 0 fully saturated rings. The van der Waals surface area contributed by atoms with Gasteiger partial charge in [-0.15, -0.1) is 0 Å². The van der Waals surface area contributed by atoms with Crippen LogP contribution in [-0.2, 0) is 14.4 Å². The summed E-state index contributed by atoms with van der Waals surface area (Å²) in [6.07, 6.45) is 0. The topological polar surface area (TPSA) is 52.0 Å². The summed E-state index contributed by atoms with van der Waals surface area (Å²) in [5, 5.41) is 0.355. The molecule has 2 nitrogen and oxygen atoms in total. The van der Waals surface area contributed by atoms with E-state index in [1.165, 1.54) is 8.84 Å². The Kier molecular flexibility index (Phi) is 4.72. The average molecular weight is 214 g/mol. The second-order valence-electron chi connectivity index (χ2n) is 0.522. The fourth-order valence-electron chi connectivity index (χ4n) is 0.0297. The first kappa shape index (κ1) is 6.92. The third-order valence-corrected chi connectivity index (χ3v) is 2.76. The van der Waals surface area contributed by atoms with Crippen LogP contribution in [0, 0.1) is 0 Å². The van der Waals surface area contributed by atoms with Crippen molar-refractivity contribution in [2.45, 2.75) is 0 Å². The van der Waals surface area contributed by atoms with Crippen LogP contribution >= 0.6 is 18.5 Å². The van der Waals surface area contributed by atoms with E-state index in [9.17, 15) is 0 Å². The normalized spacial score (nSPS) is 8.50. The van der Waals surface area contributed by atoms with Crippen molar-refractivity contribution < 1.29 is 14.4 Å². The molecular weight excluding hydrogens is 210 g/mol. The third-order valence-electron chi connectivity index (χ3n) is 0.104. The standard InChI is InChI=1S/CH4N2S.ClH.Rh/c2-1(3)4;;/h(H4,2,3,4);1H;/q;;+1/p-1. The Labute approximate surface area is 49.6 Å². The molecule has 0 saturated carbocycles. The number of hydrogen-bond acceptors (Lipinski definition) is 0. The molecule has 0 amide bonds. The molecule has 0 spiro atoms. The van der Waals surface area contributed by atoms with Gasteiger partial charge in [0.25, 0.3) is 0 Å². The zero-order chi connectivity index (χ0) is 4.99. The van der Waals surface area contributed by atoms with E-state index in [1.807, 2.05) is 0 Å². The molecule has 0 aliphatic carbocycles. The summed E-state index contributed by atoms with van der Waals surface area (Å²) in [4.78, 5) is 0. The molecule has 0 rings (SSSR count). The number of rotatable bonds is 0. The summed E-state index contributed by atoms with van der Waals surface area (Å²) in [6.45, 7) is 0. The van der Waals surface area contributed by atoms with Crippen molar-refractivity contribution in [2.24, 2.45) is 11.5 Å². The quantitative estimate of drug-likeness (QED) is 0.436. The van der Waals surface area contributed by atoms with Crippen LogP contribution < -0.4 is 11.5 Å². The van der Waals surface area contributed by atoms with Crippen LogP contribution in [0.2, 0.25) is 0 Å².